The van der Waals surface area contributed by atoms with Crippen LogP contribution in [0.1, 0.15) is 17.3 Å². The van der Waals surface area contributed by atoms with Crippen LogP contribution in [0.4, 0.5) is 5.69 Å². The monoisotopic (exact) mass is 221 g/mol. The number of ketones is 1. The summed E-state index contributed by atoms with van der Waals surface area (Å²) in [4.78, 5) is 11.4. The number of nitrogens with one attached hydrogen (secondary N) is 1. The molecule has 1 aliphatic heterocycles. The van der Waals surface area contributed by atoms with Crippen molar-refractivity contribution < 1.29 is 14.3 Å². The van der Waals surface area contributed by atoms with E-state index in [0.717, 1.165) is 5.69 Å². The van der Waals surface area contributed by atoms with Crippen molar-refractivity contribution in [1.29, 1.82) is 0 Å². The van der Waals surface area contributed by atoms with Gasteiger partial charge in [-0.25, -0.2) is 0 Å². The first-order valence-corrected chi connectivity index (χ1v) is 5.34. The molecule has 1 N–H and O–H groups in total. The average Bonchev–Trinajstić information content (AvgIpc) is 2.79. The summed E-state index contributed by atoms with van der Waals surface area (Å²) in [6.45, 7) is 3.40. The number of rotatable bonds is 4. The molecule has 0 unspecified atom stereocenters. The standard InChI is InChI=1S/C12H15NO3/c1-9(14)10-4-2-3-5-11(10)13-8-12-15-6-7-16-12/h2-5,12-13H,6-8H2,1H3. The molecule has 0 aromatic heterocycles. The van der Waals surface area contributed by atoms with Crippen LogP contribution >= 0.6 is 0 Å². The molecule has 0 spiro atoms. The lowest BCUT2D eigenvalue weighted by Gasteiger charge is -2.13. The molecule has 2 rings (SSSR count). The van der Waals surface area contributed by atoms with Crippen LogP contribution in [0, 0.1) is 0 Å². The molecule has 4 nitrogen and oxygen atoms in total. The van der Waals surface area contributed by atoms with Gasteiger partial charge in [-0.05, 0) is 19.1 Å². The lowest BCUT2D eigenvalue weighted by atomic mass is 10.1. The third kappa shape index (κ3) is 2.59. The number of anilines is 1. The van der Waals surface area contributed by atoms with E-state index in [1.165, 1.54) is 0 Å². The van der Waals surface area contributed by atoms with Crippen LogP contribution < -0.4 is 5.32 Å². The van der Waals surface area contributed by atoms with Crippen LogP contribution in [0.3, 0.4) is 0 Å². The summed E-state index contributed by atoms with van der Waals surface area (Å²) in [6, 6.07) is 7.43. The Hall–Kier alpha value is -1.39. The summed E-state index contributed by atoms with van der Waals surface area (Å²) in [5.41, 5.74) is 1.52. The molecule has 1 heterocycles. The normalized spacial score (nSPS) is 16.3. The molecule has 1 aliphatic rings. The fourth-order valence-electron chi connectivity index (χ4n) is 1.66. The van der Waals surface area contributed by atoms with Crippen molar-refractivity contribution >= 4 is 11.5 Å². The van der Waals surface area contributed by atoms with Crippen molar-refractivity contribution in [3.63, 3.8) is 0 Å². The van der Waals surface area contributed by atoms with E-state index in [9.17, 15) is 4.79 Å². The summed E-state index contributed by atoms with van der Waals surface area (Å²) >= 11 is 0. The zero-order chi connectivity index (χ0) is 11.4. The summed E-state index contributed by atoms with van der Waals surface area (Å²) in [5, 5.41) is 3.17. The molecule has 4 heteroatoms. The minimum absolute atomic E-state index is 0.0522. The molecule has 1 saturated heterocycles. The van der Waals surface area contributed by atoms with Gasteiger partial charge in [0.05, 0.1) is 19.8 Å². The number of para-hydroxylation sites is 1. The van der Waals surface area contributed by atoms with E-state index >= 15 is 0 Å². The third-order valence-electron chi connectivity index (χ3n) is 2.46. The molecular weight excluding hydrogens is 206 g/mol. The highest BCUT2D eigenvalue weighted by Gasteiger charge is 2.16. The van der Waals surface area contributed by atoms with Crippen molar-refractivity contribution in [2.75, 3.05) is 25.1 Å². The van der Waals surface area contributed by atoms with Crippen LogP contribution in [0.25, 0.3) is 0 Å². The molecule has 0 aliphatic carbocycles. The molecule has 0 bridgehead atoms. The fourth-order valence-corrected chi connectivity index (χ4v) is 1.66. The minimum atomic E-state index is -0.208. The maximum absolute atomic E-state index is 11.4. The molecule has 0 saturated carbocycles. The highest BCUT2D eigenvalue weighted by Crippen LogP contribution is 2.16. The Balaban J connectivity index is 2.00. The van der Waals surface area contributed by atoms with Crippen LogP contribution in [-0.4, -0.2) is 31.8 Å². The molecular formula is C12H15NO3. The van der Waals surface area contributed by atoms with Gasteiger partial charge in [-0.2, -0.15) is 0 Å². The summed E-state index contributed by atoms with van der Waals surface area (Å²) in [5.74, 6) is 0.0522. The maximum Gasteiger partial charge on any atom is 0.174 e. The van der Waals surface area contributed by atoms with E-state index in [2.05, 4.69) is 5.32 Å². The number of hydrogen-bond donors (Lipinski definition) is 1. The number of carbonyl (C=O) groups excluding carboxylic acids is 1. The number of Topliss-reactive ketones (excluding diaryl/α,β-unsaturated/α-hetero) is 1. The highest BCUT2D eigenvalue weighted by atomic mass is 16.7. The van der Waals surface area contributed by atoms with Gasteiger partial charge in [-0.3, -0.25) is 4.79 Å². The number of hydrogen-bond acceptors (Lipinski definition) is 4. The van der Waals surface area contributed by atoms with E-state index in [-0.39, 0.29) is 12.1 Å². The van der Waals surface area contributed by atoms with Gasteiger partial charge in [0.1, 0.15) is 0 Å². The van der Waals surface area contributed by atoms with Gasteiger partial charge >= 0.3 is 0 Å². The van der Waals surface area contributed by atoms with Gasteiger partial charge in [-0.1, -0.05) is 12.1 Å². The van der Waals surface area contributed by atoms with E-state index in [1.807, 2.05) is 18.2 Å². The van der Waals surface area contributed by atoms with Gasteiger partial charge in [0.2, 0.25) is 0 Å². The average molecular weight is 221 g/mol. The van der Waals surface area contributed by atoms with Crippen molar-refractivity contribution in [2.45, 2.75) is 13.2 Å². The molecule has 1 aromatic carbocycles. The van der Waals surface area contributed by atoms with Gasteiger partial charge in [0.25, 0.3) is 0 Å². The summed E-state index contributed by atoms with van der Waals surface area (Å²) in [7, 11) is 0. The second-order valence-corrected chi connectivity index (χ2v) is 3.65. The predicted octanol–water partition coefficient (Wildman–Crippen LogP) is 1.67. The van der Waals surface area contributed by atoms with E-state index < -0.39 is 0 Å². The van der Waals surface area contributed by atoms with Crippen LogP contribution in [0.5, 0.6) is 0 Å². The van der Waals surface area contributed by atoms with Crippen LogP contribution in [0.2, 0.25) is 0 Å². The topological polar surface area (TPSA) is 47.6 Å². The predicted molar refractivity (Wildman–Crippen MR) is 60.6 cm³/mol. The Morgan fingerprint density at radius 3 is 2.75 bits per heavy atom. The van der Waals surface area contributed by atoms with Crippen LogP contribution in [-0.2, 0) is 9.47 Å². The molecule has 0 amide bonds. The van der Waals surface area contributed by atoms with Gasteiger partial charge < -0.3 is 14.8 Å². The molecule has 1 aromatic rings. The Labute approximate surface area is 94.6 Å². The molecule has 0 atom stereocenters. The quantitative estimate of drug-likeness (QED) is 0.786. The van der Waals surface area contributed by atoms with Crippen LogP contribution in [0.15, 0.2) is 24.3 Å². The highest BCUT2D eigenvalue weighted by molar-refractivity contribution is 5.99. The number of benzene rings is 1. The Bertz CT molecular complexity index is 372. The lowest BCUT2D eigenvalue weighted by Crippen LogP contribution is -2.21. The Kier molecular flexibility index (Phi) is 3.54. The van der Waals surface area contributed by atoms with Gasteiger partial charge in [0.15, 0.2) is 12.1 Å². The van der Waals surface area contributed by atoms with Gasteiger partial charge in [-0.15, -0.1) is 0 Å². The largest absolute Gasteiger partial charge is 0.379 e. The second-order valence-electron chi connectivity index (χ2n) is 3.65. The first-order valence-electron chi connectivity index (χ1n) is 5.34. The smallest absolute Gasteiger partial charge is 0.174 e. The zero-order valence-electron chi connectivity index (χ0n) is 9.23. The molecule has 16 heavy (non-hydrogen) atoms. The molecule has 0 radical (unpaired) electrons. The molecule has 86 valence electrons. The maximum atomic E-state index is 11.4. The third-order valence-corrected chi connectivity index (χ3v) is 2.46. The SMILES string of the molecule is CC(=O)c1ccccc1NCC1OCCO1. The van der Waals surface area contributed by atoms with E-state index in [4.69, 9.17) is 9.47 Å². The minimum Gasteiger partial charge on any atom is -0.379 e. The number of carbonyl (C=O) groups is 1. The first kappa shape index (κ1) is 11.1. The Morgan fingerprint density at radius 1 is 1.38 bits per heavy atom. The van der Waals surface area contributed by atoms with Gasteiger partial charge in [0, 0.05) is 11.3 Å². The first-order chi connectivity index (χ1) is 7.77. The van der Waals surface area contributed by atoms with E-state index in [0.29, 0.717) is 25.3 Å². The second kappa shape index (κ2) is 5.09. The summed E-state index contributed by atoms with van der Waals surface area (Å²) < 4.78 is 10.6. The van der Waals surface area contributed by atoms with Crippen molar-refractivity contribution in [2.24, 2.45) is 0 Å². The van der Waals surface area contributed by atoms with E-state index in [1.54, 1.807) is 13.0 Å². The Morgan fingerprint density at radius 2 is 2.06 bits per heavy atom. The zero-order valence-corrected chi connectivity index (χ0v) is 9.23. The summed E-state index contributed by atoms with van der Waals surface area (Å²) in [6.07, 6.45) is -0.208. The van der Waals surface area contributed by atoms with Crippen molar-refractivity contribution in [1.82, 2.24) is 0 Å². The molecule has 1 fully saturated rings. The lowest BCUT2D eigenvalue weighted by molar-refractivity contribution is -0.0299. The fraction of sp³-hybridized carbons (Fsp3) is 0.417. The number of ether oxygens (including phenoxy) is 2. The van der Waals surface area contributed by atoms with Crippen molar-refractivity contribution in [3.05, 3.63) is 29.8 Å². The van der Waals surface area contributed by atoms with Crippen molar-refractivity contribution in [3.8, 4) is 0 Å².